The molecule has 110 valence electrons. The van der Waals surface area contributed by atoms with Crippen LogP contribution in [0.4, 0.5) is 4.39 Å². The molecular formula is C14H10FN5OS. The zero-order valence-electron chi connectivity index (χ0n) is 11.5. The van der Waals surface area contributed by atoms with Gasteiger partial charge in [-0.15, -0.1) is 15.3 Å². The summed E-state index contributed by atoms with van der Waals surface area (Å²) in [6.07, 6.45) is 0.528. The van der Waals surface area contributed by atoms with E-state index in [1.807, 2.05) is 13.0 Å². The molecule has 4 aromatic rings. The molecule has 0 aliphatic rings. The van der Waals surface area contributed by atoms with Crippen molar-refractivity contribution in [3.05, 3.63) is 53.2 Å². The maximum Gasteiger partial charge on any atom is 0.235 e. The first-order valence-electron chi connectivity index (χ1n) is 6.58. The van der Waals surface area contributed by atoms with Gasteiger partial charge in [0.05, 0.1) is 5.69 Å². The molecule has 6 nitrogen and oxygen atoms in total. The third-order valence-electron chi connectivity index (χ3n) is 3.17. The van der Waals surface area contributed by atoms with E-state index in [0.717, 1.165) is 11.3 Å². The van der Waals surface area contributed by atoms with Crippen LogP contribution in [0.25, 0.3) is 15.7 Å². The highest BCUT2D eigenvalue weighted by Gasteiger charge is 2.16. The summed E-state index contributed by atoms with van der Waals surface area (Å²) in [7, 11) is 0. The number of fused-ring (bicyclic) bond motifs is 1. The summed E-state index contributed by atoms with van der Waals surface area (Å²) in [6.45, 7) is 1.85. The average molecular weight is 315 g/mol. The minimum atomic E-state index is -0.258. The number of halogens is 1. The van der Waals surface area contributed by atoms with E-state index in [0.29, 0.717) is 28.0 Å². The summed E-state index contributed by atoms with van der Waals surface area (Å²) < 4.78 is 19.8. The molecule has 0 saturated carbocycles. The van der Waals surface area contributed by atoms with Gasteiger partial charge in [0.1, 0.15) is 5.82 Å². The molecule has 0 saturated heterocycles. The van der Waals surface area contributed by atoms with Gasteiger partial charge in [-0.1, -0.05) is 28.6 Å². The van der Waals surface area contributed by atoms with Crippen LogP contribution in [0.15, 0.2) is 34.9 Å². The van der Waals surface area contributed by atoms with Gasteiger partial charge in [0, 0.05) is 12.5 Å². The van der Waals surface area contributed by atoms with E-state index in [2.05, 4.69) is 20.5 Å². The van der Waals surface area contributed by atoms with Crippen molar-refractivity contribution < 1.29 is 8.91 Å². The largest absolute Gasteiger partial charge is 0.353 e. The Bertz CT molecular complexity index is 940. The first-order chi connectivity index (χ1) is 10.7. The number of aromatic nitrogens is 5. The van der Waals surface area contributed by atoms with Crippen LogP contribution < -0.4 is 0 Å². The van der Waals surface area contributed by atoms with E-state index in [1.165, 1.54) is 23.5 Å². The van der Waals surface area contributed by atoms with E-state index in [4.69, 9.17) is 4.52 Å². The molecule has 0 unspecified atom stereocenters. The zero-order valence-corrected chi connectivity index (χ0v) is 12.3. The summed E-state index contributed by atoms with van der Waals surface area (Å²) in [5.74, 6) is 1.05. The molecule has 0 spiro atoms. The lowest BCUT2D eigenvalue weighted by atomic mass is 10.1. The molecule has 22 heavy (non-hydrogen) atoms. The van der Waals surface area contributed by atoms with Crippen LogP contribution in [-0.4, -0.2) is 25.0 Å². The Morgan fingerprint density at radius 1 is 1.23 bits per heavy atom. The third-order valence-corrected chi connectivity index (χ3v) is 4.08. The minimum absolute atomic E-state index is 0.258. The van der Waals surface area contributed by atoms with E-state index in [1.54, 1.807) is 16.6 Å². The van der Waals surface area contributed by atoms with Gasteiger partial charge in [0.15, 0.2) is 16.6 Å². The van der Waals surface area contributed by atoms with Crippen molar-refractivity contribution in [3.8, 4) is 10.8 Å². The normalized spacial score (nSPS) is 11.4. The maximum absolute atomic E-state index is 13.0. The van der Waals surface area contributed by atoms with Gasteiger partial charge in [-0.05, 0) is 24.6 Å². The summed E-state index contributed by atoms with van der Waals surface area (Å²) in [6, 6.07) is 8.13. The molecule has 0 aliphatic carbocycles. The predicted octanol–water partition coefficient (Wildman–Crippen LogP) is 2.88. The number of hydrogen-bond donors (Lipinski definition) is 0. The Kier molecular flexibility index (Phi) is 2.97. The number of rotatable bonds is 3. The van der Waals surface area contributed by atoms with Crippen LogP contribution in [0.2, 0.25) is 0 Å². The van der Waals surface area contributed by atoms with Gasteiger partial charge in [-0.3, -0.25) is 0 Å². The minimum Gasteiger partial charge on any atom is -0.353 e. The van der Waals surface area contributed by atoms with Gasteiger partial charge in [-0.2, -0.15) is 4.52 Å². The second-order valence-electron chi connectivity index (χ2n) is 4.85. The van der Waals surface area contributed by atoms with Gasteiger partial charge in [-0.25, -0.2) is 4.39 Å². The highest BCUT2D eigenvalue weighted by molar-refractivity contribution is 7.19. The Balaban J connectivity index is 1.70. The summed E-state index contributed by atoms with van der Waals surface area (Å²) in [5, 5.41) is 17.3. The fraction of sp³-hybridized carbons (Fsp3) is 0.143. The predicted molar refractivity (Wildman–Crippen MR) is 78.1 cm³/mol. The smallest absolute Gasteiger partial charge is 0.235 e. The second-order valence-corrected chi connectivity index (χ2v) is 5.81. The van der Waals surface area contributed by atoms with E-state index in [-0.39, 0.29) is 5.82 Å². The highest BCUT2D eigenvalue weighted by atomic mass is 32.1. The van der Waals surface area contributed by atoms with Crippen LogP contribution in [0, 0.1) is 12.7 Å². The van der Waals surface area contributed by atoms with Crippen molar-refractivity contribution >= 4 is 16.3 Å². The quantitative estimate of drug-likeness (QED) is 0.581. The van der Waals surface area contributed by atoms with Gasteiger partial charge < -0.3 is 4.52 Å². The van der Waals surface area contributed by atoms with Crippen molar-refractivity contribution in [1.82, 2.24) is 25.0 Å². The number of benzene rings is 1. The molecule has 1 aromatic carbocycles. The third kappa shape index (κ3) is 2.27. The fourth-order valence-electron chi connectivity index (χ4n) is 2.12. The number of nitrogens with zero attached hydrogens (tertiary/aromatic N) is 5. The Morgan fingerprint density at radius 2 is 2.05 bits per heavy atom. The Hall–Kier alpha value is -2.61. The number of hydrogen-bond acceptors (Lipinski definition) is 6. The van der Waals surface area contributed by atoms with Crippen LogP contribution >= 0.6 is 11.3 Å². The highest BCUT2D eigenvalue weighted by Crippen LogP contribution is 2.26. The van der Waals surface area contributed by atoms with E-state index < -0.39 is 0 Å². The molecule has 3 heterocycles. The van der Waals surface area contributed by atoms with Gasteiger partial charge in [0.25, 0.3) is 0 Å². The van der Waals surface area contributed by atoms with Crippen LogP contribution in [-0.2, 0) is 6.42 Å². The Morgan fingerprint density at radius 3 is 2.77 bits per heavy atom. The monoisotopic (exact) mass is 315 g/mol. The molecule has 0 aliphatic heterocycles. The standard InChI is InChI=1S/C14H10FN5OS/c1-8-6-11(21-19-8)13-18-20-12(16-17-14(20)22-13)7-9-2-4-10(15)5-3-9/h2-6H,7H2,1H3. The fourth-order valence-corrected chi connectivity index (χ4v) is 2.92. The summed E-state index contributed by atoms with van der Waals surface area (Å²) >= 11 is 1.38. The van der Waals surface area contributed by atoms with Crippen molar-refractivity contribution in [2.45, 2.75) is 13.3 Å². The lowest BCUT2D eigenvalue weighted by molar-refractivity contribution is 0.426. The summed E-state index contributed by atoms with van der Waals surface area (Å²) in [5.41, 5.74) is 1.74. The molecule has 4 rings (SSSR count). The number of aryl methyl sites for hydroxylation is 1. The van der Waals surface area contributed by atoms with E-state index in [9.17, 15) is 4.39 Å². The lowest BCUT2D eigenvalue weighted by Crippen LogP contribution is -1.97. The molecule has 3 aromatic heterocycles. The second kappa shape index (κ2) is 4.99. The van der Waals surface area contributed by atoms with Crippen LogP contribution in [0.1, 0.15) is 17.1 Å². The van der Waals surface area contributed by atoms with Crippen molar-refractivity contribution in [3.63, 3.8) is 0 Å². The first kappa shape index (κ1) is 13.1. The molecule has 0 atom stereocenters. The topological polar surface area (TPSA) is 69.1 Å². The molecule has 8 heteroatoms. The lowest BCUT2D eigenvalue weighted by Gasteiger charge is -1.97. The van der Waals surface area contributed by atoms with Crippen molar-refractivity contribution in [2.75, 3.05) is 0 Å². The summed E-state index contributed by atoms with van der Waals surface area (Å²) in [4.78, 5) is 0.682. The van der Waals surface area contributed by atoms with Crippen molar-refractivity contribution in [1.29, 1.82) is 0 Å². The van der Waals surface area contributed by atoms with Gasteiger partial charge in [0.2, 0.25) is 4.96 Å². The molecule has 0 amide bonds. The first-order valence-corrected chi connectivity index (χ1v) is 7.40. The molecule has 0 bridgehead atoms. The SMILES string of the molecule is Cc1cc(-c2nn3c(Cc4ccc(F)cc4)nnc3s2)on1. The van der Waals surface area contributed by atoms with Gasteiger partial charge >= 0.3 is 0 Å². The Labute approximate surface area is 128 Å². The van der Waals surface area contributed by atoms with E-state index >= 15 is 0 Å². The molecular weight excluding hydrogens is 305 g/mol. The zero-order chi connectivity index (χ0) is 15.1. The van der Waals surface area contributed by atoms with Crippen molar-refractivity contribution in [2.24, 2.45) is 0 Å². The maximum atomic E-state index is 13.0. The van der Waals surface area contributed by atoms with Crippen LogP contribution in [0.3, 0.4) is 0 Å². The van der Waals surface area contributed by atoms with Crippen LogP contribution in [0.5, 0.6) is 0 Å². The molecule has 0 N–H and O–H groups in total. The molecule has 0 fully saturated rings. The average Bonchev–Trinajstić information content (AvgIpc) is 3.18. The molecule has 0 radical (unpaired) electrons.